The summed E-state index contributed by atoms with van der Waals surface area (Å²) >= 11 is 0. The van der Waals surface area contributed by atoms with Crippen LogP contribution in [0.1, 0.15) is 12.0 Å². The number of rotatable bonds is 3. The number of nitriles is 1. The number of hydrogen-bond donors (Lipinski definition) is 3. The van der Waals surface area contributed by atoms with Crippen molar-refractivity contribution in [1.82, 2.24) is 15.0 Å². The molecule has 2 aromatic heterocycles. The predicted octanol–water partition coefficient (Wildman–Crippen LogP) is 3.34. The Labute approximate surface area is 188 Å². The molecule has 2 atom stereocenters. The van der Waals surface area contributed by atoms with Crippen molar-refractivity contribution in [2.75, 3.05) is 18.0 Å². The lowest BCUT2D eigenvalue weighted by Crippen LogP contribution is -2.50. The van der Waals surface area contributed by atoms with E-state index in [9.17, 15) is 19.1 Å². The summed E-state index contributed by atoms with van der Waals surface area (Å²) in [5.74, 6) is -0.907. The number of aromatic amines is 1. The molecule has 166 valence electrons. The molecule has 0 spiro atoms. The molecule has 0 amide bonds. The van der Waals surface area contributed by atoms with Crippen LogP contribution in [0.3, 0.4) is 0 Å². The van der Waals surface area contributed by atoms with Gasteiger partial charge in [-0.2, -0.15) is 5.26 Å². The maximum Gasteiger partial charge on any atom is 0.142 e. The number of β-amino-alcohol motifs (C(OH)–C–C–N with tert-alkyl or cyclic N) is 1. The predicted molar refractivity (Wildman–Crippen MR) is 120 cm³/mol. The van der Waals surface area contributed by atoms with E-state index in [4.69, 9.17) is 5.73 Å². The number of H-pyrrole nitrogens is 1. The number of nitrogens with two attached hydrogens (primary N) is 1. The van der Waals surface area contributed by atoms with Crippen LogP contribution in [0.25, 0.3) is 33.5 Å². The molecule has 1 fully saturated rings. The minimum Gasteiger partial charge on any atom is -0.390 e. The lowest BCUT2D eigenvalue weighted by Gasteiger charge is -2.37. The minimum absolute atomic E-state index is 0.252. The molecule has 0 bridgehead atoms. The van der Waals surface area contributed by atoms with E-state index in [1.165, 1.54) is 12.1 Å². The van der Waals surface area contributed by atoms with Crippen molar-refractivity contribution >= 4 is 16.7 Å². The maximum atomic E-state index is 14.1. The molecule has 33 heavy (non-hydrogen) atoms. The van der Waals surface area contributed by atoms with Gasteiger partial charge < -0.3 is 20.7 Å². The van der Waals surface area contributed by atoms with Crippen molar-refractivity contribution in [2.24, 2.45) is 5.73 Å². The molecule has 1 aliphatic heterocycles. The van der Waals surface area contributed by atoms with Crippen LogP contribution in [0.4, 0.5) is 14.5 Å². The zero-order valence-electron chi connectivity index (χ0n) is 17.5. The second-order valence-corrected chi connectivity index (χ2v) is 8.14. The highest BCUT2D eigenvalue weighted by Crippen LogP contribution is 2.40. The monoisotopic (exact) mass is 446 g/mol. The van der Waals surface area contributed by atoms with E-state index in [2.05, 4.69) is 21.0 Å². The second kappa shape index (κ2) is 8.24. The van der Waals surface area contributed by atoms with Gasteiger partial charge in [0, 0.05) is 43.2 Å². The quantitative estimate of drug-likeness (QED) is 0.445. The number of aromatic nitrogens is 3. The summed E-state index contributed by atoms with van der Waals surface area (Å²) in [5, 5.41) is 19.6. The molecule has 0 saturated carbocycles. The molecule has 0 aliphatic carbocycles. The summed E-state index contributed by atoms with van der Waals surface area (Å²) in [6, 6.07) is 10.2. The lowest BCUT2D eigenvalue weighted by atomic mass is 9.97. The van der Waals surface area contributed by atoms with Gasteiger partial charge in [-0.05, 0) is 42.3 Å². The minimum atomic E-state index is -0.759. The number of anilines is 1. The number of fused-ring (bicyclic) bond motifs is 1. The SMILES string of the molecule is N#Cc1ccc2nc(-c3cncc(-c4cc(F)cc(F)c4)c3N3CC[C@@H](N)[C@@H](O)C3)[nH]c2c1. The zero-order chi connectivity index (χ0) is 23.1. The summed E-state index contributed by atoms with van der Waals surface area (Å²) in [6.45, 7) is 0.792. The Hall–Kier alpha value is -3.87. The van der Waals surface area contributed by atoms with E-state index in [1.807, 2.05) is 4.90 Å². The Balaban J connectivity index is 1.72. The van der Waals surface area contributed by atoms with Crippen LogP contribution in [-0.2, 0) is 0 Å². The fourth-order valence-electron chi connectivity index (χ4n) is 4.25. The van der Waals surface area contributed by atoms with Gasteiger partial charge in [-0.25, -0.2) is 13.8 Å². The number of nitrogens with one attached hydrogen (secondary N) is 1. The number of pyridine rings is 1. The van der Waals surface area contributed by atoms with Gasteiger partial charge in [-0.1, -0.05) is 0 Å². The highest BCUT2D eigenvalue weighted by molar-refractivity contribution is 5.91. The van der Waals surface area contributed by atoms with E-state index < -0.39 is 17.7 Å². The van der Waals surface area contributed by atoms with E-state index in [-0.39, 0.29) is 12.6 Å². The Kier molecular flexibility index (Phi) is 5.24. The highest BCUT2D eigenvalue weighted by Gasteiger charge is 2.29. The molecule has 2 aromatic carbocycles. The second-order valence-electron chi connectivity index (χ2n) is 8.14. The zero-order valence-corrected chi connectivity index (χ0v) is 17.5. The van der Waals surface area contributed by atoms with Crippen LogP contribution in [0.5, 0.6) is 0 Å². The Morgan fingerprint density at radius 2 is 1.88 bits per heavy atom. The summed E-state index contributed by atoms with van der Waals surface area (Å²) < 4.78 is 28.1. The van der Waals surface area contributed by atoms with Gasteiger partial charge in [0.05, 0.1) is 40.0 Å². The van der Waals surface area contributed by atoms with Gasteiger partial charge in [0.15, 0.2) is 0 Å². The average Bonchev–Trinajstić information content (AvgIpc) is 3.23. The number of piperidine rings is 1. The molecule has 5 rings (SSSR count). The number of halogens is 2. The van der Waals surface area contributed by atoms with Gasteiger partial charge in [0.2, 0.25) is 0 Å². The molecule has 7 nitrogen and oxygen atoms in total. The topological polar surface area (TPSA) is 115 Å². The molecule has 9 heteroatoms. The Bertz CT molecular complexity index is 1380. The third-order valence-corrected chi connectivity index (χ3v) is 5.91. The normalized spacial score (nSPS) is 18.5. The van der Waals surface area contributed by atoms with Crippen molar-refractivity contribution in [2.45, 2.75) is 18.6 Å². The smallest absolute Gasteiger partial charge is 0.142 e. The molecular weight excluding hydrogens is 426 g/mol. The van der Waals surface area contributed by atoms with E-state index in [0.717, 1.165) is 6.07 Å². The molecule has 3 heterocycles. The summed E-state index contributed by atoms with van der Waals surface area (Å²) in [6.07, 6.45) is 2.96. The first-order chi connectivity index (χ1) is 15.9. The van der Waals surface area contributed by atoms with Gasteiger partial charge in [0.1, 0.15) is 17.5 Å². The van der Waals surface area contributed by atoms with Crippen molar-refractivity contribution in [3.05, 3.63) is 66.0 Å². The third kappa shape index (κ3) is 3.91. The van der Waals surface area contributed by atoms with Crippen LogP contribution < -0.4 is 10.6 Å². The first-order valence-electron chi connectivity index (χ1n) is 10.5. The number of aliphatic hydroxyl groups is 1. The molecule has 4 aromatic rings. The first-order valence-corrected chi connectivity index (χ1v) is 10.5. The number of benzene rings is 2. The Morgan fingerprint density at radius 3 is 2.61 bits per heavy atom. The van der Waals surface area contributed by atoms with Crippen LogP contribution in [0.2, 0.25) is 0 Å². The summed E-state index contributed by atoms with van der Waals surface area (Å²) in [7, 11) is 0. The van der Waals surface area contributed by atoms with Gasteiger partial charge in [0.25, 0.3) is 0 Å². The fourth-order valence-corrected chi connectivity index (χ4v) is 4.25. The number of imidazole rings is 1. The van der Waals surface area contributed by atoms with E-state index in [0.29, 0.717) is 57.8 Å². The molecular formula is C24H20F2N6O. The molecule has 0 radical (unpaired) electrons. The Morgan fingerprint density at radius 1 is 1.12 bits per heavy atom. The van der Waals surface area contributed by atoms with Crippen molar-refractivity contribution in [1.29, 1.82) is 5.26 Å². The number of aliphatic hydroxyl groups excluding tert-OH is 1. The largest absolute Gasteiger partial charge is 0.390 e. The first kappa shape index (κ1) is 21.0. The molecule has 0 unspecified atom stereocenters. The molecule has 1 saturated heterocycles. The van der Waals surface area contributed by atoms with Crippen LogP contribution in [0.15, 0.2) is 48.8 Å². The van der Waals surface area contributed by atoms with Crippen molar-refractivity contribution < 1.29 is 13.9 Å². The molecule has 1 aliphatic rings. The molecule has 4 N–H and O–H groups in total. The van der Waals surface area contributed by atoms with Crippen molar-refractivity contribution in [3.63, 3.8) is 0 Å². The lowest BCUT2D eigenvalue weighted by molar-refractivity contribution is 0.132. The van der Waals surface area contributed by atoms with Crippen LogP contribution in [0, 0.1) is 23.0 Å². The standard InChI is InChI=1S/C24H20F2N6O/c25-15-6-14(7-16(26)8-15)17-10-29-11-18(23(17)32-4-3-19(28)22(33)12-32)24-30-20-2-1-13(9-27)5-21(20)31-24/h1-2,5-8,10-11,19,22,33H,3-4,12,28H2,(H,30,31)/t19-,22+/m1/s1. The summed E-state index contributed by atoms with van der Waals surface area (Å²) in [4.78, 5) is 14.1. The van der Waals surface area contributed by atoms with Gasteiger partial charge in [-0.3, -0.25) is 4.98 Å². The highest BCUT2D eigenvalue weighted by atomic mass is 19.1. The number of nitrogens with zero attached hydrogens (tertiary/aromatic N) is 4. The number of hydrogen-bond acceptors (Lipinski definition) is 6. The summed E-state index contributed by atoms with van der Waals surface area (Å²) in [5.41, 5.74) is 9.91. The van der Waals surface area contributed by atoms with Crippen LogP contribution in [-0.4, -0.2) is 45.3 Å². The average molecular weight is 446 g/mol. The van der Waals surface area contributed by atoms with E-state index >= 15 is 0 Å². The van der Waals surface area contributed by atoms with Crippen LogP contribution >= 0.6 is 0 Å². The van der Waals surface area contributed by atoms with Gasteiger partial charge >= 0.3 is 0 Å². The van der Waals surface area contributed by atoms with E-state index in [1.54, 1.807) is 30.6 Å². The fraction of sp³-hybridized carbons (Fsp3) is 0.208. The maximum absolute atomic E-state index is 14.1. The van der Waals surface area contributed by atoms with Gasteiger partial charge in [-0.15, -0.1) is 0 Å². The van der Waals surface area contributed by atoms with Crippen molar-refractivity contribution in [3.8, 4) is 28.6 Å². The third-order valence-electron chi connectivity index (χ3n) is 5.91.